The Hall–Kier alpha value is -1.02. The van der Waals surface area contributed by atoms with E-state index in [1.165, 1.54) is 25.7 Å². The lowest BCUT2D eigenvalue weighted by Crippen LogP contribution is -2.14. The number of phenolic OH excluding ortho intramolecular Hbond substituents is 1. The Morgan fingerprint density at radius 1 is 1.29 bits per heavy atom. The van der Waals surface area contributed by atoms with E-state index in [4.69, 9.17) is 0 Å². The Kier molecular flexibility index (Phi) is 6.71. The third-order valence-electron chi connectivity index (χ3n) is 3.24. The fourth-order valence-electron chi connectivity index (χ4n) is 1.85. The minimum atomic E-state index is 0.348. The van der Waals surface area contributed by atoms with Crippen LogP contribution in [0, 0.1) is 5.92 Å². The van der Waals surface area contributed by atoms with E-state index in [1.54, 1.807) is 6.07 Å². The molecule has 0 saturated heterocycles. The van der Waals surface area contributed by atoms with Gasteiger partial charge >= 0.3 is 0 Å². The van der Waals surface area contributed by atoms with Crippen molar-refractivity contribution in [3.63, 3.8) is 0 Å². The molecule has 1 atom stereocenters. The molecule has 1 aromatic carbocycles. The summed E-state index contributed by atoms with van der Waals surface area (Å²) in [5.74, 6) is 1.21. The van der Waals surface area contributed by atoms with Gasteiger partial charge in [-0.15, -0.1) is 0 Å². The summed E-state index contributed by atoms with van der Waals surface area (Å²) in [4.78, 5) is 0. The molecule has 0 saturated carbocycles. The minimum Gasteiger partial charge on any atom is -0.508 e. The SMILES string of the molecule is CCC(C)CCCCNCc1cccc(O)c1. The average molecular weight is 235 g/mol. The van der Waals surface area contributed by atoms with Crippen LogP contribution in [-0.2, 0) is 6.54 Å². The normalized spacial score (nSPS) is 12.6. The van der Waals surface area contributed by atoms with Crippen molar-refractivity contribution in [1.82, 2.24) is 5.32 Å². The zero-order chi connectivity index (χ0) is 12.5. The molecule has 1 unspecified atom stereocenters. The van der Waals surface area contributed by atoms with Gasteiger partial charge in [0.05, 0.1) is 0 Å². The van der Waals surface area contributed by atoms with Crippen LogP contribution in [0.3, 0.4) is 0 Å². The first-order valence-corrected chi connectivity index (χ1v) is 6.71. The molecule has 0 bridgehead atoms. The summed E-state index contributed by atoms with van der Waals surface area (Å²) in [5, 5.41) is 12.7. The van der Waals surface area contributed by atoms with Crippen molar-refractivity contribution in [1.29, 1.82) is 0 Å². The van der Waals surface area contributed by atoms with Gasteiger partial charge in [-0.3, -0.25) is 0 Å². The second-order valence-electron chi connectivity index (χ2n) is 4.86. The number of hydrogen-bond acceptors (Lipinski definition) is 2. The lowest BCUT2D eigenvalue weighted by atomic mass is 10.0. The van der Waals surface area contributed by atoms with E-state index in [9.17, 15) is 5.11 Å². The van der Waals surface area contributed by atoms with Gasteiger partial charge in [-0.2, -0.15) is 0 Å². The number of nitrogens with one attached hydrogen (secondary N) is 1. The minimum absolute atomic E-state index is 0.348. The predicted octanol–water partition coefficient (Wildman–Crippen LogP) is 3.70. The van der Waals surface area contributed by atoms with E-state index in [2.05, 4.69) is 19.2 Å². The van der Waals surface area contributed by atoms with Crippen molar-refractivity contribution >= 4 is 0 Å². The highest BCUT2D eigenvalue weighted by molar-refractivity contribution is 5.26. The maximum Gasteiger partial charge on any atom is 0.115 e. The van der Waals surface area contributed by atoms with E-state index in [0.29, 0.717) is 5.75 Å². The van der Waals surface area contributed by atoms with Crippen molar-refractivity contribution in [3.05, 3.63) is 29.8 Å². The maximum absolute atomic E-state index is 9.31. The van der Waals surface area contributed by atoms with Gasteiger partial charge in [-0.25, -0.2) is 0 Å². The fraction of sp³-hybridized carbons (Fsp3) is 0.600. The van der Waals surface area contributed by atoms with E-state index < -0.39 is 0 Å². The van der Waals surface area contributed by atoms with Gasteiger partial charge in [0, 0.05) is 6.54 Å². The van der Waals surface area contributed by atoms with Crippen LogP contribution >= 0.6 is 0 Å². The van der Waals surface area contributed by atoms with Crippen LogP contribution in [0.1, 0.15) is 45.1 Å². The summed E-state index contributed by atoms with van der Waals surface area (Å²) in [6.45, 7) is 6.48. The van der Waals surface area contributed by atoms with Gasteiger partial charge in [0.2, 0.25) is 0 Å². The monoisotopic (exact) mass is 235 g/mol. The van der Waals surface area contributed by atoms with Crippen molar-refractivity contribution in [2.45, 2.75) is 46.1 Å². The third-order valence-corrected chi connectivity index (χ3v) is 3.24. The molecule has 0 heterocycles. The van der Waals surface area contributed by atoms with Gasteiger partial charge in [-0.1, -0.05) is 45.2 Å². The van der Waals surface area contributed by atoms with E-state index in [-0.39, 0.29) is 0 Å². The number of unbranched alkanes of at least 4 members (excludes halogenated alkanes) is 1. The summed E-state index contributed by atoms with van der Waals surface area (Å²) in [6, 6.07) is 7.43. The van der Waals surface area contributed by atoms with Gasteiger partial charge in [-0.05, 0) is 36.6 Å². The molecular formula is C15H25NO. The van der Waals surface area contributed by atoms with Crippen LogP contribution in [-0.4, -0.2) is 11.7 Å². The summed E-state index contributed by atoms with van der Waals surface area (Å²) >= 11 is 0. The quantitative estimate of drug-likeness (QED) is 0.673. The average Bonchev–Trinajstić information content (AvgIpc) is 2.33. The smallest absolute Gasteiger partial charge is 0.115 e. The summed E-state index contributed by atoms with van der Waals surface area (Å²) in [6.07, 6.45) is 5.17. The summed E-state index contributed by atoms with van der Waals surface area (Å²) < 4.78 is 0. The zero-order valence-electron chi connectivity index (χ0n) is 11.1. The third kappa shape index (κ3) is 6.32. The topological polar surface area (TPSA) is 32.3 Å². The molecule has 0 aliphatic heterocycles. The number of rotatable bonds is 8. The molecule has 17 heavy (non-hydrogen) atoms. The first kappa shape index (κ1) is 14.0. The molecular weight excluding hydrogens is 210 g/mol. The zero-order valence-corrected chi connectivity index (χ0v) is 11.1. The van der Waals surface area contributed by atoms with Crippen LogP contribution in [0.5, 0.6) is 5.75 Å². The van der Waals surface area contributed by atoms with E-state index in [1.807, 2.05) is 18.2 Å². The molecule has 96 valence electrons. The summed E-state index contributed by atoms with van der Waals surface area (Å²) in [7, 11) is 0. The molecule has 0 spiro atoms. The number of aromatic hydroxyl groups is 1. The highest BCUT2D eigenvalue weighted by Crippen LogP contribution is 2.11. The van der Waals surface area contributed by atoms with Gasteiger partial charge in [0.1, 0.15) is 5.75 Å². The standard InChI is InChI=1S/C15H25NO/c1-3-13(2)7-4-5-10-16-12-14-8-6-9-15(17)11-14/h6,8-9,11,13,16-17H,3-5,7,10,12H2,1-2H3. The second-order valence-corrected chi connectivity index (χ2v) is 4.86. The van der Waals surface area contributed by atoms with Crippen molar-refractivity contribution in [2.24, 2.45) is 5.92 Å². The number of hydrogen-bond donors (Lipinski definition) is 2. The Morgan fingerprint density at radius 3 is 2.82 bits per heavy atom. The lowest BCUT2D eigenvalue weighted by molar-refractivity contribution is 0.471. The van der Waals surface area contributed by atoms with E-state index in [0.717, 1.165) is 24.6 Å². The molecule has 0 aliphatic carbocycles. The largest absolute Gasteiger partial charge is 0.508 e. The van der Waals surface area contributed by atoms with Crippen LogP contribution < -0.4 is 5.32 Å². The molecule has 2 N–H and O–H groups in total. The molecule has 0 aromatic heterocycles. The molecule has 0 radical (unpaired) electrons. The Bertz CT molecular complexity index is 312. The Labute approximate surface area is 105 Å². The summed E-state index contributed by atoms with van der Waals surface area (Å²) in [5.41, 5.74) is 1.15. The molecule has 1 rings (SSSR count). The van der Waals surface area contributed by atoms with Crippen LogP contribution in [0.25, 0.3) is 0 Å². The fourth-order valence-corrected chi connectivity index (χ4v) is 1.85. The van der Waals surface area contributed by atoms with E-state index >= 15 is 0 Å². The van der Waals surface area contributed by atoms with Crippen molar-refractivity contribution in [2.75, 3.05) is 6.54 Å². The molecule has 0 fully saturated rings. The van der Waals surface area contributed by atoms with Crippen molar-refractivity contribution in [3.8, 4) is 5.75 Å². The Morgan fingerprint density at radius 2 is 2.12 bits per heavy atom. The lowest BCUT2D eigenvalue weighted by Gasteiger charge is -2.08. The first-order chi connectivity index (χ1) is 8.22. The van der Waals surface area contributed by atoms with Gasteiger partial charge < -0.3 is 10.4 Å². The molecule has 2 nitrogen and oxygen atoms in total. The Balaban J connectivity index is 2.05. The van der Waals surface area contributed by atoms with Crippen LogP contribution in [0.15, 0.2) is 24.3 Å². The van der Waals surface area contributed by atoms with Crippen LogP contribution in [0.4, 0.5) is 0 Å². The molecule has 0 amide bonds. The van der Waals surface area contributed by atoms with Gasteiger partial charge in [0.15, 0.2) is 0 Å². The maximum atomic E-state index is 9.31. The highest BCUT2D eigenvalue weighted by atomic mass is 16.3. The number of benzene rings is 1. The second kappa shape index (κ2) is 8.13. The van der Waals surface area contributed by atoms with Crippen molar-refractivity contribution < 1.29 is 5.11 Å². The van der Waals surface area contributed by atoms with Gasteiger partial charge in [0.25, 0.3) is 0 Å². The molecule has 2 heteroatoms. The molecule has 0 aliphatic rings. The van der Waals surface area contributed by atoms with Crippen LogP contribution in [0.2, 0.25) is 0 Å². The molecule has 1 aromatic rings. The predicted molar refractivity (Wildman–Crippen MR) is 73.1 cm³/mol. The number of phenols is 1. The first-order valence-electron chi connectivity index (χ1n) is 6.71. The highest BCUT2D eigenvalue weighted by Gasteiger charge is 1.98.